The smallest absolute Gasteiger partial charge is 0.266 e. The van der Waals surface area contributed by atoms with E-state index < -0.39 is 23.9 Å². The van der Waals surface area contributed by atoms with E-state index in [2.05, 4.69) is 55.4 Å². The van der Waals surface area contributed by atoms with Crippen molar-refractivity contribution >= 4 is 138 Å². The van der Waals surface area contributed by atoms with Gasteiger partial charge in [-0.1, -0.05) is 165 Å². The van der Waals surface area contributed by atoms with Crippen LogP contribution in [0.25, 0.3) is 109 Å². The molecule has 0 saturated carbocycles. The van der Waals surface area contributed by atoms with Crippen LogP contribution in [0.2, 0.25) is 0 Å². The maximum absolute atomic E-state index is 16.2. The van der Waals surface area contributed by atoms with Crippen molar-refractivity contribution in [3.63, 3.8) is 0 Å². The minimum atomic E-state index is -1.50. The van der Waals surface area contributed by atoms with Crippen molar-refractivity contribution in [2.24, 2.45) is 0 Å². The SMILES string of the molecule is CC(C)c1cccc(C(C)C)c1N1C(=O)c2cc3oc4ccccc4c4ccccc4oc4cc5c6c(cc7oc8ccccc8c8ccccc8oc8cc(c2c2c3c4c6c7c82)C1=O)C(O)N(c1c(C(C)C)cccc1C(C)C)C5=O. The van der Waals surface area contributed by atoms with Gasteiger partial charge in [-0.15, -0.1) is 0 Å². The molecule has 0 fully saturated rings. The Labute approximate surface area is 470 Å². The highest BCUT2D eigenvalue weighted by atomic mass is 16.3. The summed E-state index contributed by atoms with van der Waals surface area (Å²) in [6, 6.07) is 50.2. The van der Waals surface area contributed by atoms with Gasteiger partial charge >= 0.3 is 0 Å². The molecule has 82 heavy (non-hydrogen) atoms. The Hall–Kier alpha value is -9.51. The lowest BCUT2D eigenvalue weighted by atomic mass is 9.80. The van der Waals surface area contributed by atoms with Gasteiger partial charge < -0.3 is 22.8 Å². The Bertz CT molecular complexity index is 4970. The highest BCUT2D eigenvalue weighted by Gasteiger charge is 2.43. The molecule has 0 bridgehead atoms. The number of benzene rings is 11. The third-order valence-electron chi connectivity index (χ3n) is 17.2. The van der Waals surface area contributed by atoms with Crippen LogP contribution < -0.4 is 9.80 Å². The number of aliphatic hydroxyl groups is 1. The Morgan fingerprint density at radius 1 is 0.341 bits per heavy atom. The molecular formula is C72H56N2O8. The fourth-order valence-electron chi connectivity index (χ4n) is 13.5. The molecule has 11 aromatic carbocycles. The summed E-state index contributed by atoms with van der Waals surface area (Å²) in [5.74, 6) is -1.55. The Morgan fingerprint density at radius 3 is 1.02 bits per heavy atom. The molecule has 2 aliphatic heterocycles. The fraction of sp³-hybridized carbons (Fsp3) is 0.181. The number of hydrogen-bond acceptors (Lipinski definition) is 8. The summed E-state index contributed by atoms with van der Waals surface area (Å²) in [5, 5.41) is 20.3. The average Bonchev–Trinajstić information content (AvgIpc) is 0.839. The van der Waals surface area contributed by atoms with Crippen LogP contribution in [0.5, 0.6) is 0 Å². The first kappa shape index (κ1) is 49.5. The molecule has 1 atom stereocenters. The van der Waals surface area contributed by atoms with E-state index in [1.54, 1.807) is 23.1 Å². The maximum Gasteiger partial charge on any atom is 0.266 e. The molecule has 0 aliphatic carbocycles. The van der Waals surface area contributed by atoms with Gasteiger partial charge in [-0.05, 0) is 94.5 Å². The normalized spacial score (nSPS) is 14.7. The molecule has 15 rings (SSSR count). The van der Waals surface area contributed by atoms with Gasteiger partial charge in [-0.25, -0.2) is 4.90 Å². The van der Waals surface area contributed by atoms with Crippen molar-refractivity contribution < 1.29 is 37.2 Å². The zero-order valence-electron chi connectivity index (χ0n) is 46.6. The van der Waals surface area contributed by atoms with Crippen molar-refractivity contribution in [1.82, 2.24) is 0 Å². The first-order valence-electron chi connectivity index (χ1n) is 28.3. The molecule has 0 saturated heterocycles. The van der Waals surface area contributed by atoms with Gasteiger partial charge in [-0.3, -0.25) is 19.3 Å². The molecule has 0 spiro atoms. The number of imide groups is 1. The molecule has 10 nitrogen and oxygen atoms in total. The van der Waals surface area contributed by atoms with E-state index in [0.717, 1.165) is 43.8 Å². The number of amides is 3. The van der Waals surface area contributed by atoms with Crippen LogP contribution in [-0.4, -0.2) is 22.8 Å². The molecule has 2 aliphatic rings. The number of rotatable bonds is 6. The lowest BCUT2D eigenvalue weighted by molar-refractivity contribution is 0.0870. The van der Waals surface area contributed by atoms with Gasteiger partial charge in [0.05, 0.1) is 28.1 Å². The van der Waals surface area contributed by atoms with E-state index in [-0.39, 0.29) is 34.8 Å². The Morgan fingerprint density at radius 2 is 0.659 bits per heavy atom. The fourth-order valence-corrected chi connectivity index (χ4v) is 13.5. The van der Waals surface area contributed by atoms with Crippen molar-refractivity contribution in [3.8, 4) is 0 Å². The molecule has 402 valence electrons. The summed E-state index contributed by atoms with van der Waals surface area (Å²) >= 11 is 0. The van der Waals surface area contributed by atoms with Gasteiger partial charge in [0.1, 0.15) is 44.7 Å². The molecule has 3 amide bonds. The topological polar surface area (TPSA) is 130 Å². The lowest BCUT2D eigenvalue weighted by Gasteiger charge is -2.38. The van der Waals surface area contributed by atoms with Gasteiger partial charge in [-0.2, -0.15) is 0 Å². The summed E-state index contributed by atoms with van der Waals surface area (Å²) in [7, 11) is 0. The summed E-state index contributed by atoms with van der Waals surface area (Å²) in [6.45, 7) is 16.7. The molecular weight excluding hydrogens is 1020 g/mol. The summed E-state index contributed by atoms with van der Waals surface area (Å²) in [5.41, 5.74) is 9.23. The predicted molar refractivity (Wildman–Crippen MR) is 329 cm³/mol. The summed E-state index contributed by atoms with van der Waals surface area (Å²) in [6.07, 6.45) is -1.50. The van der Waals surface area contributed by atoms with E-state index in [9.17, 15) is 5.11 Å². The van der Waals surface area contributed by atoms with Crippen molar-refractivity contribution in [3.05, 3.63) is 202 Å². The highest BCUT2D eigenvalue weighted by molar-refractivity contribution is 6.49. The molecule has 4 heterocycles. The zero-order chi connectivity index (χ0) is 56.3. The van der Waals surface area contributed by atoms with Gasteiger partial charge in [0.2, 0.25) is 0 Å². The maximum atomic E-state index is 16.2. The number of carbonyl (C=O) groups is 3. The van der Waals surface area contributed by atoms with Crippen LogP contribution in [0.1, 0.15) is 144 Å². The summed E-state index contributed by atoms with van der Waals surface area (Å²) in [4.78, 5) is 51.5. The van der Waals surface area contributed by atoms with E-state index in [0.29, 0.717) is 110 Å². The number of hydrogen-bond donors (Lipinski definition) is 1. The second kappa shape index (κ2) is 18.0. The molecule has 2 aromatic heterocycles. The number of anilines is 2. The van der Waals surface area contributed by atoms with Crippen LogP contribution in [0.3, 0.4) is 0 Å². The lowest BCUT2D eigenvalue weighted by Crippen LogP contribution is -2.42. The minimum Gasteiger partial charge on any atom is -0.456 e. The van der Waals surface area contributed by atoms with Gasteiger partial charge in [0, 0.05) is 70.2 Å². The third-order valence-corrected chi connectivity index (χ3v) is 17.2. The van der Waals surface area contributed by atoms with Gasteiger partial charge in [0.25, 0.3) is 17.7 Å². The van der Waals surface area contributed by atoms with Crippen LogP contribution in [-0.2, 0) is 0 Å². The molecule has 1 unspecified atom stereocenters. The number of fused-ring (bicyclic) bond motifs is 6. The number of para-hydroxylation sites is 6. The second-order valence-electron chi connectivity index (χ2n) is 23.3. The summed E-state index contributed by atoms with van der Waals surface area (Å²) < 4.78 is 29.8. The zero-order valence-corrected chi connectivity index (χ0v) is 46.6. The van der Waals surface area contributed by atoms with Crippen LogP contribution in [0, 0.1) is 0 Å². The molecule has 1 N–H and O–H groups in total. The largest absolute Gasteiger partial charge is 0.456 e. The quantitative estimate of drug-likeness (QED) is 0.0990. The van der Waals surface area contributed by atoms with Crippen molar-refractivity contribution in [2.75, 3.05) is 9.80 Å². The standard InChI is InChI=1S/C72H56N2O8/c1-35(2)39-23-17-24-40(36(3)4)67(39)73-69(75)47-31-55-61-63-57(81-53-29-15-11-21-45(53)43-19-9-13-27-51(43)79-55)33-49-60-50(72(78)74(71(49)77)68-41(37(5)6)25-18-26-42(68)38(7)8)34-58-64(66(60)63)62-56(32-48(70(73)76)59(47)65(61)62)80-52-28-14-10-20-44(52)46-22-12-16-30-54(46)82-58/h9-38,69,75H,1-8H3. The van der Waals surface area contributed by atoms with E-state index in [1.165, 1.54) is 4.90 Å². The molecule has 13 aromatic rings. The van der Waals surface area contributed by atoms with Crippen LogP contribution >= 0.6 is 0 Å². The monoisotopic (exact) mass is 1080 g/mol. The average molecular weight is 1080 g/mol. The predicted octanol–water partition coefficient (Wildman–Crippen LogP) is 19.2. The van der Waals surface area contributed by atoms with Crippen LogP contribution in [0.4, 0.5) is 11.4 Å². The second-order valence-corrected chi connectivity index (χ2v) is 23.3. The van der Waals surface area contributed by atoms with Gasteiger partial charge in [0.15, 0.2) is 6.23 Å². The number of carbonyl (C=O) groups excluding carboxylic acids is 3. The Kier molecular flexibility index (Phi) is 10.9. The Balaban J connectivity index is 1.25. The minimum absolute atomic E-state index is 0.0124. The first-order chi connectivity index (χ1) is 39.7. The first-order valence-corrected chi connectivity index (χ1v) is 28.3. The molecule has 0 radical (unpaired) electrons. The van der Waals surface area contributed by atoms with Crippen LogP contribution in [0.15, 0.2) is 175 Å². The third kappa shape index (κ3) is 6.88. The number of nitrogens with zero attached hydrogens (tertiary/aromatic N) is 2. The highest BCUT2D eigenvalue weighted by Crippen LogP contribution is 2.55. The van der Waals surface area contributed by atoms with E-state index >= 15 is 14.4 Å². The van der Waals surface area contributed by atoms with E-state index in [1.807, 2.05) is 140 Å². The van der Waals surface area contributed by atoms with Crippen molar-refractivity contribution in [2.45, 2.75) is 85.3 Å². The van der Waals surface area contributed by atoms with E-state index in [4.69, 9.17) is 17.7 Å². The van der Waals surface area contributed by atoms with Crippen molar-refractivity contribution in [1.29, 1.82) is 0 Å². The molecule has 10 heteroatoms. The number of aliphatic hydroxyl groups excluding tert-OH is 1.